The van der Waals surface area contributed by atoms with Gasteiger partial charge >= 0.3 is 0 Å². The third kappa shape index (κ3) is 2.95. The number of rotatable bonds is 4. The Morgan fingerprint density at radius 3 is 2.82 bits per heavy atom. The Hall–Kier alpha value is -1.63. The van der Waals surface area contributed by atoms with Crippen molar-refractivity contribution in [2.24, 2.45) is 7.05 Å². The van der Waals surface area contributed by atoms with Crippen LogP contribution < -0.4 is 5.56 Å². The van der Waals surface area contributed by atoms with E-state index in [-0.39, 0.29) is 17.1 Å². The summed E-state index contributed by atoms with van der Waals surface area (Å²) in [5.41, 5.74) is 0.527. The number of hydrogen-bond acceptors (Lipinski definition) is 5. The molecule has 0 saturated heterocycles. The van der Waals surface area contributed by atoms with E-state index in [1.54, 1.807) is 31.3 Å². The topological polar surface area (TPSA) is 52.0 Å². The number of carbonyl (C=O) groups is 1. The van der Waals surface area contributed by atoms with E-state index in [1.807, 2.05) is 12.1 Å². The highest BCUT2D eigenvalue weighted by Crippen LogP contribution is 2.24. The van der Waals surface area contributed by atoms with Crippen LogP contribution in [0.5, 0.6) is 0 Å². The lowest BCUT2D eigenvalue weighted by atomic mass is 10.2. The fourth-order valence-corrected chi connectivity index (χ4v) is 3.92. The maximum absolute atomic E-state index is 12.3. The van der Waals surface area contributed by atoms with Crippen LogP contribution in [-0.4, -0.2) is 21.1 Å². The minimum atomic E-state index is -0.111. The highest BCUT2D eigenvalue weighted by atomic mass is 35.5. The molecule has 3 rings (SSSR count). The minimum Gasteiger partial charge on any atom is -0.292 e. The fraction of sp³-hybridized carbons (Fsp3) is 0.133. The van der Waals surface area contributed by atoms with E-state index in [1.165, 1.54) is 27.7 Å². The zero-order valence-electron chi connectivity index (χ0n) is 11.6. The average molecular weight is 351 g/mol. The van der Waals surface area contributed by atoms with Crippen LogP contribution in [0.1, 0.15) is 9.67 Å². The SMILES string of the molecule is Cn1c(SCC(=O)c2ccc(Cl)s2)nc2ccccc2c1=O. The van der Waals surface area contributed by atoms with Crippen molar-refractivity contribution in [3.63, 3.8) is 0 Å². The first-order valence-electron chi connectivity index (χ1n) is 6.43. The maximum atomic E-state index is 12.3. The third-order valence-corrected chi connectivity index (χ3v) is 5.42. The van der Waals surface area contributed by atoms with Crippen LogP contribution in [0.2, 0.25) is 4.34 Å². The molecule has 0 aliphatic heterocycles. The van der Waals surface area contributed by atoms with Crippen molar-refractivity contribution in [2.45, 2.75) is 5.16 Å². The van der Waals surface area contributed by atoms with Gasteiger partial charge in [-0.2, -0.15) is 0 Å². The van der Waals surface area contributed by atoms with Crippen molar-refractivity contribution in [3.8, 4) is 0 Å². The highest BCUT2D eigenvalue weighted by molar-refractivity contribution is 7.99. The van der Waals surface area contributed by atoms with E-state index in [9.17, 15) is 9.59 Å². The van der Waals surface area contributed by atoms with Gasteiger partial charge in [0.15, 0.2) is 10.9 Å². The first-order valence-corrected chi connectivity index (χ1v) is 8.61. The normalized spacial score (nSPS) is 11.0. The molecule has 3 aromatic rings. The molecule has 2 heterocycles. The molecule has 0 amide bonds. The molecule has 0 saturated carbocycles. The Bertz CT molecular complexity index is 917. The van der Waals surface area contributed by atoms with Crippen LogP contribution in [0.25, 0.3) is 10.9 Å². The van der Waals surface area contributed by atoms with Crippen LogP contribution in [0.15, 0.2) is 46.3 Å². The number of para-hydroxylation sites is 1. The number of carbonyl (C=O) groups excluding carboxylic acids is 1. The third-order valence-electron chi connectivity index (χ3n) is 3.12. The number of ketones is 1. The van der Waals surface area contributed by atoms with E-state index < -0.39 is 0 Å². The number of benzene rings is 1. The number of nitrogens with zero attached hydrogens (tertiary/aromatic N) is 2. The molecular weight excluding hydrogens is 340 g/mol. The van der Waals surface area contributed by atoms with Gasteiger partial charge < -0.3 is 0 Å². The standard InChI is InChI=1S/C15H11ClN2O2S2/c1-18-14(20)9-4-2-3-5-10(9)17-15(18)21-8-11(19)12-6-7-13(16)22-12/h2-7H,8H2,1H3. The number of halogens is 1. The molecule has 22 heavy (non-hydrogen) atoms. The van der Waals surface area contributed by atoms with E-state index >= 15 is 0 Å². The Balaban J connectivity index is 1.86. The summed E-state index contributed by atoms with van der Waals surface area (Å²) in [6.07, 6.45) is 0. The van der Waals surface area contributed by atoms with Crippen LogP contribution in [0, 0.1) is 0 Å². The molecule has 1 aromatic carbocycles. The predicted molar refractivity (Wildman–Crippen MR) is 91.4 cm³/mol. The van der Waals surface area contributed by atoms with Gasteiger partial charge in [0.25, 0.3) is 5.56 Å². The van der Waals surface area contributed by atoms with Crippen LogP contribution in [0.4, 0.5) is 0 Å². The summed E-state index contributed by atoms with van der Waals surface area (Å²) in [5.74, 6) is 0.194. The number of thioether (sulfide) groups is 1. The zero-order chi connectivity index (χ0) is 15.7. The molecule has 2 aromatic heterocycles. The summed E-state index contributed by atoms with van der Waals surface area (Å²) in [5, 5.41) is 1.10. The lowest BCUT2D eigenvalue weighted by molar-refractivity contribution is 0.102. The maximum Gasteiger partial charge on any atom is 0.261 e. The van der Waals surface area contributed by atoms with Crippen molar-refractivity contribution in [1.82, 2.24) is 9.55 Å². The molecule has 4 nitrogen and oxygen atoms in total. The van der Waals surface area contributed by atoms with Crippen molar-refractivity contribution in [1.29, 1.82) is 0 Å². The van der Waals surface area contributed by atoms with Crippen LogP contribution in [-0.2, 0) is 7.05 Å². The van der Waals surface area contributed by atoms with Crippen molar-refractivity contribution >= 4 is 51.4 Å². The number of hydrogen-bond donors (Lipinski definition) is 0. The summed E-state index contributed by atoms with van der Waals surface area (Å²) in [7, 11) is 1.66. The molecule has 0 bridgehead atoms. The molecular formula is C15H11ClN2O2S2. The monoisotopic (exact) mass is 350 g/mol. The summed E-state index contributed by atoms with van der Waals surface area (Å²) >= 11 is 8.34. The van der Waals surface area contributed by atoms with E-state index in [0.29, 0.717) is 25.3 Å². The largest absolute Gasteiger partial charge is 0.292 e. The molecule has 112 valence electrons. The number of aromatic nitrogens is 2. The second-order valence-corrected chi connectivity index (χ2v) is 7.25. The first kappa shape index (κ1) is 15.3. The lowest BCUT2D eigenvalue weighted by Gasteiger charge is -2.07. The minimum absolute atomic E-state index is 0.0238. The quantitative estimate of drug-likeness (QED) is 0.409. The first-order chi connectivity index (χ1) is 10.6. The van der Waals surface area contributed by atoms with Gasteiger partial charge in [0.2, 0.25) is 0 Å². The Labute approximate surface area is 139 Å². The van der Waals surface area contributed by atoms with Gasteiger partial charge in [-0.25, -0.2) is 4.98 Å². The number of thiophene rings is 1. The van der Waals surface area contributed by atoms with E-state index in [2.05, 4.69) is 4.98 Å². The molecule has 0 atom stereocenters. The van der Waals surface area contributed by atoms with Crippen LogP contribution in [0.3, 0.4) is 0 Å². The van der Waals surface area contributed by atoms with Gasteiger partial charge in [-0.15, -0.1) is 11.3 Å². The molecule has 0 fully saturated rings. The molecule has 0 radical (unpaired) electrons. The van der Waals surface area contributed by atoms with Gasteiger partial charge in [-0.05, 0) is 24.3 Å². The van der Waals surface area contributed by atoms with Gasteiger partial charge in [-0.1, -0.05) is 35.5 Å². The molecule has 0 unspecified atom stereocenters. The Morgan fingerprint density at radius 2 is 2.09 bits per heavy atom. The van der Waals surface area contributed by atoms with E-state index in [4.69, 9.17) is 11.6 Å². The van der Waals surface area contributed by atoms with Crippen molar-refractivity contribution < 1.29 is 4.79 Å². The van der Waals surface area contributed by atoms with Gasteiger partial charge in [0, 0.05) is 7.05 Å². The number of Topliss-reactive ketones (excluding diaryl/α,β-unsaturated/α-hetero) is 1. The molecule has 0 N–H and O–H groups in total. The van der Waals surface area contributed by atoms with Crippen molar-refractivity contribution in [2.75, 3.05) is 5.75 Å². The Kier molecular flexibility index (Phi) is 4.33. The van der Waals surface area contributed by atoms with Gasteiger partial charge in [-0.3, -0.25) is 14.2 Å². The summed E-state index contributed by atoms with van der Waals surface area (Å²) in [6.45, 7) is 0. The molecule has 0 spiro atoms. The second kappa shape index (κ2) is 6.24. The van der Waals surface area contributed by atoms with Gasteiger partial charge in [0.1, 0.15) is 0 Å². The summed E-state index contributed by atoms with van der Waals surface area (Å²) < 4.78 is 2.06. The van der Waals surface area contributed by atoms with Gasteiger partial charge in [0.05, 0.1) is 25.9 Å². The smallest absolute Gasteiger partial charge is 0.261 e. The number of fused-ring (bicyclic) bond motifs is 1. The zero-order valence-corrected chi connectivity index (χ0v) is 14.0. The molecule has 0 aliphatic carbocycles. The lowest BCUT2D eigenvalue weighted by Crippen LogP contribution is -2.20. The summed E-state index contributed by atoms with van der Waals surface area (Å²) in [6, 6.07) is 10.6. The predicted octanol–water partition coefficient (Wildman–Crippen LogP) is 3.62. The summed E-state index contributed by atoms with van der Waals surface area (Å²) in [4.78, 5) is 29.5. The Morgan fingerprint density at radius 1 is 1.32 bits per heavy atom. The van der Waals surface area contributed by atoms with E-state index in [0.717, 1.165) is 0 Å². The second-order valence-electron chi connectivity index (χ2n) is 4.59. The average Bonchev–Trinajstić information content (AvgIpc) is 2.96. The van der Waals surface area contributed by atoms with Crippen LogP contribution >= 0.6 is 34.7 Å². The highest BCUT2D eigenvalue weighted by Gasteiger charge is 2.13. The van der Waals surface area contributed by atoms with Crippen molar-refractivity contribution in [3.05, 3.63) is 56.0 Å². The fourth-order valence-electron chi connectivity index (χ4n) is 1.99. The molecule has 0 aliphatic rings. The molecule has 7 heteroatoms.